The van der Waals surface area contributed by atoms with Crippen molar-refractivity contribution in [3.05, 3.63) is 113 Å². The van der Waals surface area contributed by atoms with Gasteiger partial charge in [0.15, 0.2) is 6.61 Å². The third kappa shape index (κ3) is 6.33. The number of esters is 1. The van der Waals surface area contributed by atoms with Crippen LogP contribution in [0.15, 0.2) is 91.0 Å². The molecule has 1 N–H and O–H groups in total. The Labute approximate surface area is 174 Å². The van der Waals surface area contributed by atoms with E-state index < -0.39 is 5.97 Å². The van der Waals surface area contributed by atoms with Crippen molar-refractivity contribution >= 4 is 29.6 Å². The third-order valence-corrected chi connectivity index (χ3v) is 4.41. The average Bonchev–Trinajstić information content (AvgIpc) is 2.76. The van der Waals surface area contributed by atoms with Crippen molar-refractivity contribution < 1.29 is 14.3 Å². The quantitative estimate of drug-likeness (QED) is 0.453. The van der Waals surface area contributed by atoms with E-state index in [1.54, 1.807) is 24.3 Å². The molecule has 0 aromatic heterocycles. The number of rotatable bonds is 7. The second-order valence-electron chi connectivity index (χ2n) is 6.32. The van der Waals surface area contributed by atoms with Crippen LogP contribution < -0.4 is 5.32 Å². The summed E-state index contributed by atoms with van der Waals surface area (Å²) in [6.45, 7) is -0.366. The van der Waals surface area contributed by atoms with Crippen LogP contribution in [-0.2, 0) is 14.3 Å². The normalized spacial score (nSPS) is 10.8. The Morgan fingerprint density at radius 3 is 2.10 bits per heavy atom. The molecule has 3 rings (SSSR count). The SMILES string of the molecule is O=C(COC(=O)/C=C/c1cccc(Cl)c1)NC(c1ccccc1)c1ccccc1. The zero-order valence-corrected chi connectivity index (χ0v) is 16.4. The number of carbonyl (C=O) groups excluding carboxylic acids is 2. The summed E-state index contributed by atoms with van der Waals surface area (Å²) in [7, 11) is 0. The molecule has 0 atom stereocenters. The molecule has 0 saturated heterocycles. The summed E-state index contributed by atoms with van der Waals surface area (Å²) in [5.74, 6) is -0.983. The summed E-state index contributed by atoms with van der Waals surface area (Å²) in [6, 6.07) is 26.0. The van der Waals surface area contributed by atoms with E-state index in [2.05, 4.69) is 5.32 Å². The lowest BCUT2D eigenvalue weighted by Crippen LogP contribution is -2.32. The number of halogens is 1. The molecule has 0 fully saturated rings. The molecule has 29 heavy (non-hydrogen) atoms. The molecule has 4 nitrogen and oxygen atoms in total. The second-order valence-corrected chi connectivity index (χ2v) is 6.75. The predicted octanol–water partition coefficient (Wildman–Crippen LogP) is 4.80. The molecule has 5 heteroatoms. The van der Waals surface area contributed by atoms with Gasteiger partial charge in [-0.15, -0.1) is 0 Å². The van der Waals surface area contributed by atoms with Crippen LogP contribution in [0.5, 0.6) is 0 Å². The van der Waals surface area contributed by atoms with Gasteiger partial charge in [0.25, 0.3) is 5.91 Å². The summed E-state index contributed by atoms with van der Waals surface area (Å²) in [4.78, 5) is 24.3. The van der Waals surface area contributed by atoms with Gasteiger partial charge in [0, 0.05) is 11.1 Å². The molecule has 1 amide bonds. The van der Waals surface area contributed by atoms with Crippen molar-refractivity contribution in [3.8, 4) is 0 Å². The van der Waals surface area contributed by atoms with E-state index in [1.807, 2.05) is 66.7 Å². The molecule has 0 aliphatic rings. The maximum Gasteiger partial charge on any atom is 0.331 e. The Morgan fingerprint density at radius 2 is 1.52 bits per heavy atom. The maximum atomic E-state index is 12.4. The highest BCUT2D eigenvalue weighted by Crippen LogP contribution is 2.21. The van der Waals surface area contributed by atoms with Crippen LogP contribution in [0, 0.1) is 0 Å². The van der Waals surface area contributed by atoms with E-state index in [0.717, 1.165) is 16.7 Å². The Kier molecular flexibility index (Phi) is 7.20. The minimum atomic E-state index is -0.601. The average molecular weight is 406 g/mol. The fourth-order valence-electron chi connectivity index (χ4n) is 2.81. The molecule has 0 saturated carbocycles. The number of benzene rings is 3. The highest BCUT2D eigenvalue weighted by molar-refractivity contribution is 6.30. The predicted molar refractivity (Wildman–Crippen MR) is 114 cm³/mol. The number of ether oxygens (including phenoxy) is 1. The van der Waals surface area contributed by atoms with Gasteiger partial charge in [0.1, 0.15) is 0 Å². The third-order valence-electron chi connectivity index (χ3n) is 4.18. The van der Waals surface area contributed by atoms with Crippen LogP contribution in [0.25, 0.3) is 6.08 Å². The summed E-state index contributed by atoms with van der Waals surface area (Å²) in [5.41, 5.74) is 2.66. The first-order chi connectivity index (χ1) is 14.1. The lowest BCUT2D eigenvalue weighted by Gasteiger charge is -2.19. The Bertz CT molecular complexity index is 948. The summed E-state index contributed by atoms with van der Waals surface area (Å²) < 4.78 is 5.06. The Morgan fingerprint density at radius 1 is 0.897 bits per heavy atom. The molecule has 0 spiro atoms. The Hall–Kier alpha value is -3.37. The number of hydrogen-bond acceptors (Lipinski definition) is 3. The number of nitrogens with one attached hydrogen (secondary N) is 1. The molecule has 146 valence electrons. The number of hydrogen-bond donors (Lipinski definition) is 1. The number of carbonyl (C=O) groups is 2. The van der Waals surface area contributed by atoms with Gasteiger partial charge in [-0.05, 0) is 34.9 Å². The molecule has 3 aromatic carbocycles. The molecule has 0 aliphatic carbocycles. The summed E-state index contributed by atoms with van der Waals surface area (Å²) in [6.07, 6.45) is 2.85. The van der Waals surface area contributed by atoms with Crippen LogP contribution >= 0.6 is 11.6 Å². The zero-order valence-electron chi connectivity index (χ0n) is 15.6. The standard InChI is InChI=1S/C24H20ClNO3/c25-21-13-7-8-18(16-21)14-15-23(28)29-17-22(27)26-24(19-9-3-1-4-10-19)20-11-5-2-6-12-20/h1-16,24H,17H2,(H,26,27)/b15-14+. The van der Waals surface area contributed by atoms with Crippen LogP contribution in [0.1, 0.15) is 22.7 Å². The molecule has 0 unspecified atom stereocenters. The molecular formula is C24H20ClNO3. The summed E-state index contributed by atoms with van der Waals surface area (Å²) >= 11 is 5.91. The van der Waals surface area contributed by atoms with E-state index in [4.69, 9.17) is 16.3 Å². The number of amides is 1. The first-order valence-corrected chi connectivity index (χ1v) is 9.49. The highest BCUT2D eigenvalue weighted by Gasteiger charge is 2.17. The van der Waals surface area contributed by atoms with Gasteiger partial charge >= 0.3 is 5.97 Å². The van der Waals surface area contributed by atoms with Crippen molar-refractivity contribution in [2.24, 2.45) is 0 Å². The van der Waals surface area contributed by atoms with Gasteiger partial charge in [0.2, 0.25) is 0 Å². The largest absolute Gasteiger partial charge is 0.452 e. The monoisotopic (exact) mass is 405 g/mol. The van der Waals surface area contributed by atoms with Gasteiger partial charge in [-0.2, -0.15) is 0 Å². The van der Waals surface area contributed by atoms with Crippen molar-refractivity contribution in [2.45, 2.75) is 6.04 Å². The van der Waals surface area contributed by atoms with Crippen molar-refractivity contribution in [3.63, 3.8) is 0 Å². The van der Waals surface area contributed by atoms with E-state index in [9.17, 15) is 9.59 Å². The van der Waals surface area contributed by atoms with E-state index >= 15 is 0 Å². The van der Waals surface area contributed by atoms with E-state index in [0.29, 0.717) is 5.02 Å². The van der Waals surface area contributed by atoms with Gasteiger partial charge in [-0.3, -0.25) is 4.79 Å². The first kappa shape index (κ1) is 20.4. The van der Waals surface area contributed by atoms with Gasteiger partial charge in [-0.25, -0.2) is 4.79 Å². The first-order valence-electron chi connectivity index (χ1n) is 9.11. The van der Waals surface area contributed by atoms with E-state index in [-0.39, 0.29) is 18.6 Å². The molecule has 0 radical (unpaired) electrons. The summed E-state index contributed by atoms with van der Waals surface area (Å²) in [5, 5.41) is 3.51. The van der Waals surface area contributed by atoms with Crippen LogP contribution in [0.2, 0.25) is 5.02 Å². The lowest BCUT2D eigenvalue weighted by molar-refractivity contribution is -0.143. The zero-order chi connectivity index (χ0) is 20.5. The molecule has 0 bridgehead atoms. The molecule has 0 aliphatic heterocycles. The highest BCUT2D eigenvalue weighted by atomic mass is 35.5. The van der Waals surface area contributed by atoms with Gasteiger partial charge < -0.3 is 10.1 Å². The minimum absolute atomic E-state index is 0.328. The fourth-order valence-corrected chi connectivity index (χ4v) is 3.01. The van der Waals surface area contributed by atoms with Crippen molar-refractivity contribution in [1.82, 2.24) is 5.32 Å². The second kappa shape index (κ2) is 10.2. The minimum Gasteiger partial charge on any atom is -0.452 e. The molecular weight excluding hydrogens is 386 g/mol. The van der Waals surface area contributed by atoms with Crippen molar-refractivity contribution in [2.75, 3.05) is 6.61 Å². The smallest absolute Gasteiger partial charge is 0.331 e. The van der Waals surface area contributed by atoms with Crippen LogP contribution in [-0.4, -0.2) is 18.5 Å². The molecule has 3 aromatic rings. The lowest BCUT2D eigenvalue weighted by atomic mass is 9.99. The van der Waals surface area contributed by atoms with Gasteiger partial charge in [0.05, 0.1) is 6.04 Å². The molecule has 0 heterocycles. The van der Waals surface area contributed by atoms with Crippen LogP contribution in [0.3, 0.4) is 0 Å². The Balaban J connectivity index is 1.59. The van der Waals surface area contributed by atoms with Crippen molar-refractivity contribution in [1.29, 1.82) is 0 Å². The topological polar surface area (TPSA) is 55.4 Å². The van der Waals surface area contributed by atoms with E-state index in [1.165, 1.54) is 6.08 Å². The maximum absolute atomic E-state index is 12.4. The van der Waals surface area contributed by atoms with Gasteiger partial charge in [-0.1, -0.05) is 84.4 Å². The van der Waals surface area contributed by atoms with Crippen LogP contribution in [0.4, 0.5) is 0 Å². The fraction of sp³-hybridized carbons (Fsp3) is 0.0833.